The molecule has 0 aromatic heterocycles. The van der Waals surface area contributed by atoms with Gasteiger partial charge in [0.15, 0.2) is 0 Å². The topological polar surface area (TPSA) is 37.1 Å². The minimum absolute atomic E-state index is 0.681. The fourth-order valence-corrected chi connectivity index (χ4v) is 26.0. The number of rotatable bonds is 6. The molecular weight excluding hydrogens is 550 g/mol. The Morgan fingerprint density at radius 2 is 0.718 bits per heavy atom. The van der Waals surface area contributed by atoms with Crippen LogP contribution in [-0.2, 0) is 0 Å². The van der Waals surface area contributed by atoms with Crippen LogP contribution in [0.5, 0.6) is 0 Å². The molecule has 0 bridgehead atoms. The first-order chi connectivity index (χ1) is 19.1. The fraction of sp³-hybridized carbons (Fsp3) is 0.0625. The maximum Gasteiger partial charge on any atom is 0.138 e. The first-order valence-corrected chi connectivity index (χ1v) is 21.0. The molecule has 2 unspecified atom stereocenters. The van der Waals surface area contributed by atoms with Crippen molar-refractivity contribution in [3.8, 4) is 0 Å². The zero-order chi connectivity index (χ0) is 26.8. The van der Waals surface area contributed by atoms with Crippen molar-refractivity contribution in [3.63, 3.8) is 0 Å². The SMILES string of the molecule is CP(c1ccccc1)P1(C)=NP(c2ccccc2)(c2ccccc2)=NP(c2ccccc2)(c2ccccc2)=N1. The lowest BCUT2D eigenvalue weighted by Crippen LogP contribution is -2.21. The standard InChI is InChI=1S/C32H31N3P4/c1-36(28-18-8-3-9-19-28)37(2)33-38(29-20-10-4-11-21-29,30-22-12-5-13-23-30)35-39(34-37,31-24-14-6-15-25-31)32-26-16-7-17-27-32/h3-27H,1-2H3. The van der Waals surface area contributed by atoms with Crippen molar-refractivity contribution in [2.75, 3.05) is 13.3 Å². The van der Waals surface area contributed by atoms with Gasteiger partial charge in [0.25, 0.3) is 0 Å². The largest absolute Gasteiger partial charge is 0.228 e. The van der Waals surface area contributed by atoms with Gasteiger partial charge >= 0.3 is 0 Å². The van der Waals surface area contributed by atoms with Crippen LogP contribution >= 0.6 is 28.9 Å². The average Bonchev–Trinajstić information content (AvgIpc) is 3.02. The second kappa shape index (κ2) is 11.0. The van der Waals surface area contributed by atoms with Crippen molar-refractivity contribution < 1.29 is 0 Å². The van der Waals surface area contributed by atoms with Crippen molar-refractivity contribution in [2.45, 2.75) is 0 Å². The molecule has 0 fully saturated rings. The monoisotopic (exact) mass is 581 g/mol. The van der Waals surface area contributed by atoms with E-state index in [1.165, 1.54) is 26.5 Å². The van der Waals surface area contributed by atoms with Crippen LogP contribution in [0.4, 0.5) is 0 Å². The lowest BCUT2D eigenvalue weighted by atomic mass is 10.4. The van der Waals surface area contributed by atoms with Crippen LogP contribution in [0.3, 0.4) is 0 Å². The molecule has 5 aromatic carbocycles. The van der Waals surface area contributed by atoms with Crippen molar-refractivity contribution in [1.82, 2.24) is 0 Å². The van der Waals surface area contributed by atoms with E-state index in [4.69, 9.17) is 13.5 Å². The van der Waals surface area contributed by atoms with Gasteiger partial charge in [-0.25, -0.2) is 13.5 Å². The molecule has 6 rings (SSSR count). The summed E-state index contributed by atoms with van der Waals surface area (Å²) in [5, 5.41) is 6.14. The molecule has 7 heteroatoms. The van der Waals surface area contributed by atoms with Crippen LogP contribution in [0.1, 0.15) is 0 Å². The van der Waals surface area contributed by atoms with Crippen LogP contribution in [0.25, 0.3) is 0 Å². The molecule has 0 saturated heterocycles. The molecule has 0 spiro atoms. The Morgan fingerprint density at radius 3 is 1.08 bits per heavy atom. The van der Waals surface area contributed by atoms with E-state index in [0.29, 0.717) is 0 Å². The molecule has 3 nitrogen and oxygen atoms in total. The molecule has 39 heavy (non-hydrogen) atoms. The van der Waals surface area contributed by atoms with Gasteiger partial charge in [-0.2, -0.15) is 0 Å². The number of hydrogen-bond donors (Lipinski definition) is 0. The maximum atomic E-state index is 6.02. The molecule has 5 aromatic rings. The van der Waals surface area contributed by atoms with Crippen LogP contribution in [0.2, 0.25) is 0 Å². The van der Waals surface area contributed by atoms with E-state index in [1.807, 2.05) is 0 Å². The molecule has 0 aliphatic carbocycles. The molecule has 1 heterocycles. The zero-order valence-electron chi connectivity index (χ0n) is 22.1. The summed E-state index contributed by atoms with van der Waals surface area (Å²) in [5.74, 6) is 0. The van der Waals surface area contributed by atoms with E-state index in [2.05, 4.69) is 165 Å². The molecule has 0 N–H and O–H groups in total. The van der Waals surface area contributed by atoms with E-state index in [-0.39, 0.29) is 0 Å². The van der Waals surface area contributed by atoms with Gasteiger partial charge < -0.3 is 0 Å². The van der Waals surface area contributed by atoms with E-state index in [1.54, 1.807) is 0 Å². The Morgan fingerprint density at radius 1 is 0.410 bits per heavy atom. The number of benzene rings is 5. The molecule has 194 valence electrons. The molecule has 0 saturated carbocycles. The fourth-order valence-electron chi connectivity index (χ4n) is 4.97. The Hall–Kier alpha value is -2.78. The van der Waals surface area contributed by atoms with Gasteiger partial charge in [0.2, 0.25) is 0 Å². The lowest BCUT2D eigenvalue weighted by Gasteiger charge is -2.38. The van der Waals surface area contributed by atoms with Gasteiger partial charge in [0.1, 0.15) is 21.3 Å². The second-order valence-electron chi connectivity index (χ2n) is 9.54. The predicted octanol–water partition coefficient (Wildman–Crippen LogP) is 8.63. The first kappa shape index (κ1) is 26.4. The summed E-state index contributed by atoms with van der Waals surface area (Å²) >= 11 is 0. The van der Waals surface area contributed by atoms with Crippen LogP contribution < -0.4 is 26.5 Å². The maximum absolute atomic E-state index is 6.02. The van der Waals surface area contributed by atoms with Crippen molar-refractivity contribution in [2.24, 2.45) is 13.5 Å². The van der Waals surface area contributed by atoms with Gasteiger partial charge in [0, 0.05) is 21.2 Å². The molecule has 1 aliphatic rings. The van der Waals surface area contributed by atoms with Gasteiger partial charge in [-0.15, -0.1) is 0 Å². The highest BCUT2D eigenvalue weighted by Crippen LogP contribution is 2.85. The van der Waals surface area contributed by atoms with Crippen LogP contribution in [-0.4, -0.2) is 13.3 Å². The van der Waals surface area contributed by atoms with E-state index < -0.39 is 28.9 Å². The van der Waals surface area contributed by atoms with Gasteiger partial charge in [-0.05, 0) is 26.2 Å². The Bertz CT molecular complexity index is 1570. The summed E-state index contributed by atoms with van der Waals surface area (Å²) in [7, 11) is -5.83. The smallest absolute Gasteiger partial charge is 0.138 e. The van der Waals surface area contributed by atoms with Crippen molar-refractivity contribution in [3.05, 3.63) is 152 Å². The summed E-state index contributed by atoms with van der Waals surface area (Å²) < 4.78 is 17.9. The summed E-state index contributed by atoms with van der Waals surface area (Å²) in [5.41, 5.74) is 0. The summed E-state index contributed by atoms with van der Waals surface area (Å²) in [6.45, 7) is 2.48. The summed E-state index contributed by atoms with van der Waals surface area (Å²) in [6.07, 6.45) is 0. The van der Waals surface area contributed by atoms with Crippen LogP contribution in [0.15, 0.2) is 165 Å². The lowest BCUT2D eigenvalue weighted by molar-refractivity contribution is 1.63. The summed E-state index contributed by atoms with van der Waals surface area (Å²) in [4.78, 5) is 0. The molecule has 2 atom stereocenters. The van der Waals surface area contributed by atoms with E-state index in [0.717, 1.165) is 0 Å². The average molecular weight is 582 g/mol. The highest BCUT2D eigenvalue weighted by atomic mass is 32.1. The Labute approximate surface area is 233 Å². The third-order valence-electron chi connectivity index (χ3n) is 7.02. The molecule has 0 amide bonds. The minimum Gasteiger partial charge on any atom is -0.228 e. The third-order valence-corrected chi connectivity index (χ3v) is 25.7. The van der Waals surface area contributed by atoms with E-state index >= 15 is 0 Å². The third kappa shape index (κ3) is 4.88. The highest BCUT2D eigenvalue weighted by Gasteiger charge is 2.41. The van der Waals surface area contributed by atoms with E-state index in [9.17, 15) is 0 Å². The van der Waals surface area contributed by atoms with Crippen LogP contribution in [0, 0.1) is 0 Å². The van der Waals surface area contributed by atoms with Crippen molar-refractivity contribution in [1.29, 1.82) is 0 Å². The molecule has 1 aliphatic heterocycles. The van der Waals surface area contributed by atoms with Gasteiger partial charge in [-0.3, -0.25) is 0 Å². The Balaban J connectivity index is 1.83. The molecule has 0 radical (unpaired) electrons. The van der Waals surface area contributed by atoms with Crippen molar-refractivity contribution >= 4 is 55.4 Å². The van der Waals surface area contributed by atoms with Gasteiger partial charge in [-0.1, -0.05) is 152 Å². The first-order valence-electron chi connectivity index (χ1n) is 13.0. The predicted molar refractivity (Wildman–Crippen MR) is 177 cm³/mol. The Kier molecular flexibility index (Phi) is 7.46. The summed E-state index contributed by atoms with van der Waals surface area (Å²) in [6, 6.07) is 54.1. The number of nitrogens with zero attached hydrogens (tertiary/aromatic N) is 3. The van der Waals surface area contributed by atoms with Gasteiger partial charge in [0.05, 0.1) is 0 Å². The highest BCUT2D eigenvalue weighted by molar-refractivity contribution is 8.38. The number of hydrogen-bond acceptors (Lipinski definition) is 3. The second-order valence-corrected chi connectivity index (χ2v) is 23.5. The molecular formula is C32H31N3P4. The zero-order valence-corrected chi connectivity index (χ0v) is 25.6. The quantitative estimate of drug-likeness (QED) is 0.180. The normalized spacial score (nSPS) is 20.1. The minimum atomic E-state index is -2.57.